The number of benzene rings is 6. The van der Waals surface area contributed by atoms with Gasteiger partial charge in [0.05, 0.1) is 12.4 Å². The highest BCUT2D eigenvalue weighted by molar-refractivity contribution is 7.00. The molecule has 3 aliphatic rings. The summed E-state index contributed by atoms with van der Waals surface area (Å²) in [5, 5.41) is 0. The van der Waals surface area contributed by atoms with Crippen LogP contribution in [0.5, 0.6) is 0 Å². The smallest absolute Gasteiger partial charge is 0.252 e. The molecular formula is C48H40BN5. The number of para-hydroxylation sites is 3. The van der Waals surface area contributed by atoms with Crippen molar-refractivity contribution in [3.8, 4) is 11.3 Å². The van der Waals surface area contributed by atoms with E-state index in [0.29, 0.717) is 0 Å². The number of aromatic nitrogens is 1. The fourth-order valence-corrected chi connectivity index (χ4v) is 8.41. The summed E-state index contributed by atoms with van der Waals surface area (Å²) in [6, 6.07) is 57.4. The molecule has 0 spiro atoms. The van der Waals surface area contributed by atoms with Crippen LogP contribution in [-0.4, -0.2) is 18.4 Å². The average Bonchev–Trinajstić information content (AvgIpc) is 3.72. The van der Waals surface area contributed by atoms with Crippen molar-refractivity contribution in [1.82, 2.24) is 4.98 Å². The molecule has 0 saturated carbocycles. The Labute approximate surface area is 318 Å². The second kappa shape index (κ2) is 12.6. The van der Waals surface area contributed by atoms with Gasteiger partial charge in [-0.25, -0.2) is 0 Å². The zero-order valence-electron chi connectivity index (χ0n) is 30.8. The number of hydrogen-bond donors (Lipinski definition) is 0. The number of anilines is 8. The highest BCUT2D eigenvalue weighted by Crippen LogP contribution is 2.44. The molecule has 0 amide bonds. The molecule has 7 aromatic rings. The maximum absolute atomic E-state index is 4.93. The van der Waals surface area contributed by atoms with Crippen LogP contribution < -0.4 is 36.0 Å². The topological polar surface area (TPSA) is 25.9 Å². The number of nitrogens with zero attached hydrogens (tertiary/aromatic N) is 5. The van der Waals surface area contributed by atoms with Crippen molar-refractivity contribution in [2.75, 3.05) is 26.3 Å². The first-order valence-corrected chi connectivity index (χ1v) is 18.8. The Kier molecular flexibility index (Phi) is 7.48. The minimum atomic E-state index is -0.0105. The standard InChI is InChI=1S/C48H40BN5/c1-48(2,3)35-26-27-50-42(31-35)34-22-24-43-40(30-34)49-41-32-39(52-29-28-51(33-52)36-14-7-4-8-15-36)23-25-44(41)54(38-18-11-6-12-19-38)46-21-13-20-45(47(46)49)53(43)37-16-9-5-10-17-37/h4-32H,33H2,1-3H3. The van der Waals surface area contributed by atoms with Gasteiger partial charge in [0.1, 0.15) is 0 Å². The number of fused-ring (bicyclic) bond motifs is 4. The van der Waals surface area contributed by atoms with E-state index in [4.69, 9.17) is 4.98 Å². The minimum Gasteiger partial charge on any atom is -0.328 e. The molecule has 3 aliphatic heterocycles. The summed E-state index contributed by atoms with van der Waals surface area (Å²) in [6.45, 7) is 7.52. The molecule has 5 nitrogen and oxygen atoms in total. The fourth-order valence-electron chi connectivity index (χ4n) is 8.41. The summed E-state index contributed by atoms with van der Waals surface area (Å²) in [6.07, 6.45) is 6.34. The largest absolute Gasteiger partial charge is 0.328 e. The Morgan fingerprint density at radius 1 is 0.500 bits per heavy atom. The Morgan fingerprint density at radius 2 is 1.06 bits per heavy atom. The van der Waals surface area contributed by atoms with Crippen LogP contribution in [0.3, 0.4) is 0 Å². The van der Waals surface area contributed by atoms with Gasteiger partial charge in [0.15, 0.2) is 0 Å². The first kappa shape index (κ1) is 32.2. The lowest BCUT2D eigenvalue weighted by atomic mass is 9.33. The molecule has 260 valence electrons. The third-order valence-corrected chi connectivity index (χ3v) is 11.1. The van der Waals surface area contributed by atoms with Gasteiger partial charge in [-0.05, 0) is 118 Å². The molecule has 0 aliphatic carbocycles. The molecule has 10 rings (SSSR count). The maximum Gasteiger partial charge on any atom is 0.252 e. The molecule has 0 saturated heterocycles. The summed E-state index contributed by atoms with van der Waals surface area (Å²) >= 11 is 0. The quantitative estimate of drug-likeness (QED) is 0.167. The van der Waals surface area contributed by atoms with Gasteiger partial charge in [-0.3, -0.25) is 4.98 Å². The van der Waals surface area contributed by atoms with Gasteiger partial charge >= 0.3 is 0 Å². The SMILES string of the molecule is CC(C)(C)c1ccnc(-c2ccc3c(c2)B2c4cc(N5C=CN(c6ccccc6)C5)ccc4N(c4ccccc4)c4cccc(c42)N3c2ccccc2)c1. The summed E-state index contributed by atoms with van der Waals surface area (Å²) < 4.78 is 0. The molecule has 0 radical (unpaired) electrons. The number of rotatable bonds is 5. The van der Waals surface area contributed by atoms with Crippen LogP contribution in [0.4, 0.5) is 45.5 Å². The Bertz CT molecular complexity index is 2530. The van der Waals surface area contributed by atoms with Crippen LogP contribution in [0, 0.1) is 0 Å². The highest BCUT2D eigenvalue weighted by atomic mass is 15.3. The van der Waals surface area contributed by atoms with Crippen LogP contribution in [0.1, 0.15) is 26.3 Å². The fraction of sp³-hybridized carbons (Fsp3) is 0.104. The third kappa shape index (κ3) is 5.28. The summed E-state index contributed by atoms with van der Waals surface area (Å²) in [4.78, 5) is 14.5. The molecule has 0 fully saturated rings. The third-order valence-electron chi connectivity index (χ3n) is 11.1. The van der Waals surface area contributed by atoms with E-state index in [2.05, 4.69) is 210 Å². The molecule has 1 aromatic heterocycles. The van der Waals surface area contributed by atoms with Crippen LogP contribution in [0.2, 0.25) is 0 Å². The van der Waals surface area contributed by atoms with Crippen molar-refractivity contribution in [2.24, 2.45) is 0 Å². The predicted molar refractivity (Wildman–Crippen MR) is 228 cm³/mol. The lowest BCUT2D eigenvalue weighted by Gasteiger charge is -2.44. The number of hydrogen-bond acceptors (Lipinski definition) is 5. The predicted octanol–water partition coefficient (Wildman–Crippen LogP) is 9.88. The molecule has 54 heavy (non-hydrogen) atoms. The van der Waals surface area contributed by atoms with Crippen LogP contribution in [0.15, 0.2) is 176 Å². The van der Waals surface area contributed by atoms with Crippen molar-refractivity contribution < 1.29 is 0 Å². The van der Waals surface area contributed by atoms with Crippen molar-refractivity contribution in [3.05, 3.63) is 182 Å². The second-order valence-corrected chi connectivity index (χ2v) is 15.4. The van der Waals surface area contributed by atoms with E-state index in [1.165, 1.54) is 56.1 Å². The van der Waals surface area contributed by atoms with E-state index in [-0.39, 0.29) is 12.1 Å². The molecule has 0 bridgehead atoms. The van der Waals surface area contributed by atoms with Gasteiger partial charge in [0, 0.05) is 64.1 Å². The monoisotopic (exact) mass is 697 g/mol. The van der Waals surface area contributed by atoms with Crippen molar-refractivity contribution in [2.45, 2.75) is 26.2 Å². The summed E-state index contributed by atoms with van der Waals surface area (Å²) in [5.41, 5.74) is 16.7. The summed E-state index contributed by atoms with van der Waals surface area (Å²) in [5.74, 6) is 0. The first-order valence-electron chi connectivity index (χ1n) is 18.8. The summed E-state index contributed by atoms with van der Waals surface area (Å²) in [7, 11) is 0. The van der Waals surface area contributed by atoms with E-state index in [0.717, 1.165) is 29.3 Å². The van der Waals surface area contributed by atoms with E-state index >= 15 is 0 Å². The van der Waals surface area contributed by atoms with E-state index in [1.807, 2.05) is 6.20 Å². The van der Waals surface area contributed by atoms with Gasteiger partial charge in [0.2, 0.25) is 0 Å². The van der Waals surface area contributed by atoms with Crippen LogP contribution >= 0.6 is 0 Å². The van der Waals surface area contributed by atoms with Gasteiger partial charge in [-0.2, -0.15) is 0 Å². The molecule has 0 unspecified atom stereocenters. The highest BCUT2D eigenvalue weighted by Gasteiger charge is 2.43. The molecule has 0 N–H and O–H groups in total. The van der Waals surface area contributed by atoms with E-state index in [1.54, 1.807) is 0 Å². The Hall–Kier alpha value is -6.53. The zero-order chi connectivity index (χ0) is 36.4. The molecule has 6 heteroatoms. The van der Waals surface area contributed by atoms with Crippen molar-refractivity contribution in [1.29, 1.82) is 0 Å². The van der Waals surface area contributed by atoms with Gasteiger partial charge in [-0.1, -0.05) is 93.6 Å². The van der Waals surface area contributed by atoms with Crippen LogP contribution in [0.25, 0.3) is 11.3 Å². The van der Waals surface area contributed by atoms with E-state index in [9.17, 15) is 0 Å². The zero-order valence-corrected chi connectivity index (χ0v) is 30.8. The minimum absolute atomic E-state index is 0.0105. The average molecular weight is 698 g/mol. The normalized spacial score (nSPS) is 14.2. The van der Waals surface area contributed by atoms with Crippen molar-refractivity contribution in [3.63, 3.8) is 0 Å². The molecule has 0 atom stereocenters. The van der Waals surface area contributed by atoms with Gasteiger partial charge in [0.25, 0.3) is 6.71 Å². The second-order valence-electron chi connectivity index (χ2n) is 15.4. The lowest BCUT2D eigenvalue weighted by Crippen LogP contribution is -2.61. The first-order chi connectivity index (χ1) is 26.4. The van der Waals surface area contributed by atoms with Gasteiger partial charge in [-0.15, -0.1) is 0 Å². The Balaban J connectivity index is 1.20. The lowest BCUT2D eigenvalue weighted by molar-refractivity contribution is 0.589. The molecular weight excluding hydrogens is 657 g/mol. The van der Waals surface area contributed by atoms with E-state index < -0.39 is 0 Å². The molecule has 6 aromatic carbocycles. The van der Waals surface area contributed by atoms with Crippen molar-refractivity contribution >= 4 is 68.6 Å². The van der Waals surface area contributed by atoms with Gasteiger partial charge < -0.3 is 19.6 Å². The maximum atomic E-state index is 4.93. The Morgan fingerprint density at radius 3 is 1.67 bits per heavy atom. The van der Waals surface area contributed by atoms with Crippen LogP contribution in [-0.2, 0) is 5.41 Å². The number of pyridine rings is 1. The molecule has 4 heterocycles.